The van der Waals surface area contributed by atoms with Crippen molar-refractivity contribution in [3.63, 3.8) is 0 Å². The van der Waals surface area contributed by atoms with E-state index in [9.17, 15) is 15.0 Å². The highest BCUT2D eigenvalue weighted by molar-refractivity contribution is 5.76. The molecule has 0 radical (unpaired) electrons. The minimum Gasteiger partial charge on any atom is -0.394 e. The van der Waals surface area contributed by atoms with Gasteiger partial charge >= 0.3 is 0 Å². The first-order valence-corrected chi connectivity index (χ1v) is 24.5. The second-order valence-corrected chi connectivity index (χ2v) is 16.5. The molecule has 2 unspecified atom stereocenters. The summed E-state index contributed by atoms with van der Waals surface area (Å²) >= 11 is 0. The minimum atomic E-state index is -0.871. The summed E-state index contributed by atoms with van der Waals surface area (Å²) in [5.74, 6) is -0.0866. The van der Waals surface area contributed by atoms with E-state index in [1.54, 1.807) is 6.08 Å². The van der Waals surface area contributed by atoms with E-state index in [1.807, 2.05) is 6.08 Å². The van der Waals surface area contributed by atoms with E-state index in [2.05, 4.69) is 67.8 Å². The lowest BCUT2D eigenvalue weighted by molar-refractivity contribution is -0.123. The third-order valence-corrected chi connectivity index (χ3v) is 11.0. The summed E-state index contributed by atoms with van der Waals surface area (Å²) in [7, 11) is 0. The van der Waals surface area contributed by atoms with Crippen LogP contribution < -0.4 is 5.32 Å². The van der Waals surface area contributed by atoms with Gasteiger partial charge in [-0.3, -0.25) is 4.79 Å². The minimum absolute atomic E-state index is 0.0866. The molecule has 0 bridgehead atoms. The largest absolute Gasteiger partial charge is 0.394 e. The summed E-state index contributed by atoms with van der Waals surface area (Å²) in [6.07, 6.45) is 66.3. The van der Waals surface area contributed by atoms with Crippen LogP contribution in [0.1, 0.15) is 245 Å². The van der Waals surface area contributed by atoms with E-state index in [0.29, 0.717) is 6.42 Å². The van der Waals surface area contributed by atoms with Crippen molar-refractivity contribution in [2.75, 3.05) is 6.61 Å². The maximum absolute atomic E-state index is 12.4. The molecule has 0 aliphatic carbocycles. The number of carbonyl (C=O) groups excluding carboxylic acids is 1. The lowest BCUT2D eigenvalue weighted by Gasteiger charge is -2.19. The lowest BCUT2D eigenvalue weighted by Crippen LogP contribution is -2.45. The van der Waals surface area contributed by atoms with Crippen molar-refractivity contribution in [3.8, 4) is 0 Å². The molecule has 0 aromatic rings. The summed E-state index contributed by atoms with van der Waals surface area (Å²) in [5.41, 5.74) is 0. The number of aliphatic hydroxyl groups excluding tert-OH is 2. The Balaban J connectivity index is 3.60. The van der Waals surface area contributed by atoms with Gasteiger partial charge in [0.1, 0.15) is 0 Å². The number of nitrogens with one attached hydrogen (secondary N) is 1. The number of carbonyl (C=O) groups is 1. The van der Waals surface area contributed by atoms with Gasteiger partial charge in [0.15, 0.2) is 0 Å². The number of unbranched alkanes of at least 4 members (excludes halogenated alkanes) is 29. The number of hydrogen-bond acceptors (Lipinski definition) is 3. The molecule has 56 heavy (non-hydrogen) atoms. The number of rotatable bonds is 44. The molecule has 0 aromatic carbocycles. The van der Waals surface area contributed by atoms with Gasteiger partial charge in [0.25, 0.3) is 0 Å². The molecule has 0 rings (SSSR count). The molecule has 4 nitrogen and oxygen atoms in total. The lowest BCUT2D eigenvalue weighted by atomic mass is 10.0. The van der Waals surface area contributed by atoms with Crippen molar-refractivity contribution in [1.82, 2.24) is 5.32 Å². The zero-order valence-electron chi connectivity index (χ0n) is 37.4. The van der Waals surface area contributed by atoms with E-state index in [0.717, 1.165) is 57.8 Å². The average Bonchev–Trinajstić information content (AvgIpc) is 3.20. The fraction of sp³-hybridized carbons (Fsp3) is 0.788. The quantitative estimate of drug-likeness (QED) is 0.0426. The van der Waals surface area contributed by atoms with Crippen molar-refractivity contribution >= 4 is 5.91 Å². The third-order valence-electron chi connectivity index (χ3n) is 11.0. The van der Waals surface area contributed by atoms with Gasteiger partial charge < -0.3 is 15.5 Å². The van der Waals surface area contributed by atoms with Crippen molar-refractivity contribution in [2.45, 2.75) is 257 Å². The van der Waals surface area contributed by atoms with Crippen LogP contribution in [0.15, 0.2) is 60.8 Å². The first-order chi connectivity index (χ1) is 27.7. The molecular formula is C52H95NO3. The van der Waals surface area contributed by atoms with E-state index in [-0.39, 0.29) is 12.5 Å². The van der Waals surface area contributed by atoms with Crippen LogP contribution in [-0.4, -0.2) is 34.9 Å². The smallest absolute Gasteiger partial charge is 0.220 e. The second-order valence-electron chi connectivity index (χ2n) is 16.5. The Morgan fingerprint density at radius 3 is 1.20 bits per heavy atom. The Bertz CT molecular complexity index is 934. The fourth-order valence-corrected chi connectivity index (χ4v) is 7.20. The SMILES string of the molecule is CCCCC/C=C\C/C=C\C/C=C\CCCCCCCCC(=O)NC(CO)C(O)/C=C/CC/C=C/CCCCCCCCCCCCCCCCCCCCC. The van der Waals surface area contributed by atoms with Gasteiger partial charge in [-0.05, 0) is 70.6 Å². The topological polar surface area (TPSA) is 69.6 Å². The number of hydrogen-bond donors (Lipinski definition) is 3. The maximum Gasteiger partial charge on any atom is 0.220 e. The summed E-state index contributed by atoms with van der Waals surface area (Å²) in [6, 6.07) is -0.649. The Morgan fingerprint density at radius 2 is 0.750 bits per heavy atom. The zero-order chi connectivity index (χ0) is 40.7. The first kappa shape index (κ1) is 54.1. The molecule has 0 fully saturated rings. The van der Waals surface area contributed by atoms with E-state index in [4.69, 9.17) is 0 Å². The Labute approximate surface area is 349 Å². The Hall–Kier alpha value is -1.91. The summed E-state index contributed by atoms with van der Waals surface area (Å²) in [6.45, 7) is 4.27. The predicted molar refractivity (Wildman–Crippen MR) is 248 cm³/mol. The average molecular weight is 782 g/mol. The first-order valence-electron chi connectivity index (χ1n) is 24.5. The molecule has 2 atom stereocenters. The summed E-state index contributed by atoms with van der Waals surface area (Å²) < 4.78 is 0. The molecule has 0 spiro atoms. The van der Waals surface area contributed by atoms with Crippen LogP contribution in [0, 0.1) is 0 Å². The van der Waals surface area contributed by atoms with E-state index < -0.39 is 12.1 Å². The molecule has 0 heterocycles. The van der Waals surface area contributed by atoms with Crippen molar-refractivity contribution < 1.29 is 15.0 Å². The van der Waals surface area contributed by atoms with Gasteiger partial charge in [-0.15, -0.1) is 0 Å². The molecule has 4 heteroatoms. The van der Waals surface area contributed by atoms with Gasteiger partial charge in [0, 0.05) is 6.42 Å². The molecule has 0 saturated carbocycles. The molecule has 0 aromatic heterocycles. The van der Waals surface area contributed by atoms with Crippen LogP contribution in [0.3, 0.4) is 0 Å². The molecule has 0 aliphatic heterocycles. The van der Waals surface area contributed by atoms with E-state index in [1.165, 1.54) is 167 Å². The number of allylic oxidation sites excluding steroid dienone is 9. The van der Waals surface area contributed by atoms with Crippen LogP contribution in [0.25, 0.3) is 0 Å². The van der Waals surface area contributed by atoms with Crippen molar-refractivity contribution in [1.29, 1.82) is 0 Å². The van der Waals surface area contributed by atoms with Gasteiger partial charge in [0.05, 0.1) is 18.8 Å². The van der Waals surface area contributed by atoms with Crippen LogP contribution >= 0.6 is 0 Å². The van der Waals surface area contributed by atoms with Gasteiger partial charge in [-0.2, -0.15) is 0 Å². The fourth-order valence-electron chi connectivity index (χ4n) is 7.20. The monoisotopic (exact) mass is 782 g/mol. The molecule has 3 N–H and O–H groups in total. The van der Waals surface area contributed by atoms with Crippen LogP contribution in [0.4, 0.5) is 0 Å². The van der Waals surface area contributed by atoms with Gasteiger partial charge in [-0.1, -0.05) is 229 Å². The van der Waals surface area contributed by atoms with Crippen molar-refractivity contribution in [2.24, 2.45) is 0 Å². The molecule has 326 valence electrons. The Kier molecular flexibility index (Phi) is 45.8. The third kappa shape index (κ3) is 43.2. The normalized spacial score (nSPS) is 13.4. The van der Waals surface area contributed by atoms with Crippen LogP contribution in [-0.2, 0) is 4.79 Å². The zero-order valence-corrected chi connectivity index (χ0v) is 37.4. The summed E-state index contributed by atoms with van der Waals surface area (Å²) in [4.78, 5) is 12.4. The highest BCUT2D eigenvalue weighted by atomic mass is 16.3. The van der Waals surface area contributed by atoms with Gasteiger partial charge in [0.2, 0.25) is 5.91 Å². The highest BCUT2D eigenvalue weighted by Crippen LogP contribution is 2.15. The van der Waals surface area contributed by atoms with Crippen LogP contribution in [0.2, 0.25) is 0 Å². The standard InChI is InChI=1S/C52H95NO3/c1-3-5-7-9-11-13-15-17-19-21-23-24-25-26-27-28-30-31-33-35-37-39-41-43-45-47-51(55)50(49-54)53-52(56)48-46-44-42-40-38-36-34-32-29-22-20-18-16-14-12-10-8-6-4-2/h12,14,18,20,29,32,37,39,45,47,50-51,54-55H,3-11,13,15-17,19,21-28,30-31,33-36,38,40-44,46,48-49H2,1-2H3,(H,53,56)/b14-12-,20-18-,32-29-,39-37+,47-45+. The highest BCUT2D eigenvalue weighted by Gasteiger charge is 2.17. The number of amides is 1. The Morgan fingerprint density at radius 1 is 0.429 bits per heavy atom. The number of aliphatic hydroxyl groups is 2. The molecule has 0 aliphatic rings. The van der Waals surface area contributed by atoms with E-state index >= 15 is 0 Å². The van der Waals surface area contributed by atoms with Crippen molar-refractivity contribution in [3.05, 3.63) is 60.8 Å². The second kappa shape index (κ2) is 47.5. The summed E-state index contributed by atoms with van der Waals surface area (Å²) in [5, 5.41) is 23.1. The molecule has 1 amide bonds. The van der Waals surface area contributed by atoms with Crippen LogP contribution in [0.5, 0.6) is 0 Å². The molecular weight excluding hydrogens is 687 g/mol. The van der Waals surface area contributed by atoms with Gasteiger partial charge in [-0.25, -0.2) is 0 Å². The maximum atomic E-state index is 12.4. The predicted octanol–water partition coefficient (Wildman–Crippen LogP) is 15.7. The molecule has 0 saturated heterocycles.